The number of nitrogens with two attached hydrogens (primary N) is 1. The van der Waals surface area contributed by atoms with Crippen LogP contribution in [0.3, 0.4) is 0 Å². The lowest BCUT2D eigenvalue weighted by atomic mass is 10.0. The lowest BCUT2D eigenvalue weighted by Crippen LogP contribution is -2.20. The van der Waals surface area contributed by atoms with Crippen molar-refractivity contribution in [2.24, 2.45) is 11.7 Å². The largest absolute Gasteiger partial charge is 0.381 e. The Labute approximate surface area is 86.9 Å². The fourth-order valence-corrected chi connectivity index (χ4v) is 1.69. The van der Waals surface area contributed by atoms with Crippen molar-refractivity contribution < 1.29 is 9.47 Å². The van der Waals surface area contributed by atoms with Crippen molar-refractivity contribution in [3.8, 4) is 0 Å². The fourth-order valence-electron chi connectivity index (χ4n) is 1.69. The minimum Gasteiger partial charge on any atom is -0.381 e. The molecule has 0 atom stereocenters. The van der Waals surface area contributed by atoms with Crippen LogP contribution < -0.4 is 5.73 Å². The van der Waals surface area contributed by atoms with Gasteiger partial charge in [-0.15, -0.1) is 0 Å². The van der Waals surface area contributed by atoms with Crippen LogP contribution in [0, 0.1) is 5.92 Å². The quantitative estimate of drug-likeness (QED) is 0.636. The highest BCUT2D eigenvalue weighted by Gasteiger charge is 2.13. The smallest absolute Gasteiger partial charge is 0.0495 e. The molecule has 0 bridgehead atoms. The van der Waals surface area contributed by atoms with Crippen LogP contribution in [0.25, 0.3) is 0 Å². The summed E-state index contributed by atoms with van der Waals surface area (Å²) in [5.74, 6) is 0.734. The maximum Gasteiger partial charge on any atom is 0.0495 e. The lowest BCUT2D eigenvalue weighted by molar-refractivity contribution is 0.0198. The molecule has 0 aromatic heterocycles. The molecular formula is C11H23NO2. The van der Waals surface area contributed by atoms with E-state index >= 15 is 0 Å². The molecule has 0 radical (unpaired) electrons. The Morgan fingerprint density at radius 3 is 2.64 bits per heavy atom. The summed E-state index contributed by atoms with van der Waals surface area (Å²) < 4.78 is 10.9. The van der Waals surface area contributed by atoms with Crippen molar-refractivity contribution in [1.82, 2.24) is 0 Å². The molecule has 0 aliphatic carbocycles. The van der Waals surface area contributed by atoms with E-state index < -0.39 is 0 Å². The molecule has 14 heavy (non-hydrogen) atoms. The first-order valence-electron chi connectivity index (χ1n) is 5.79. The van der Waals surface area contributed by atoms with Gasteiger partial charge in [-0.2, -0.15) is 0 Å². The second kappa shape index (κ2) is 8.21. The first-order valence-corrected chi connectivity index (χ1v) is 5.79. The van der Waals surface area contributed by atoms with E-state index in [1.54, 1.807) is 0 Å². The molecule has 1 aliphatic rings. The van der Waals surface area contributed by atoms with Crippen molar-refractivity contribution in [3.63, 3.8) is 0 Å². The summed E-state index contributed by atoms with van der Waals surface area (Å²) in [6.45, 7) is 4.46. The van der Waals surface area contributed by atoms with E-state index in [0.29, 0.717) is 0 Å². The van der Waals surface area contributed by atoms with Crippen molar-refractivity contribution in [1.29, 1.82) is 0 Å². The Morgan fingerprint density at radius 1 is 1.14 bits per heavy atom. The average molecular weight is 201 g/mol. The second-order valence-corrected chi connectivity index (χ2v) is 3.98. The molecule has 1 saturated heterocycles. The molecule has 0 amide bonds. The maximum atomic E-state index is 5.62. The van der Waals surface area contributed by atoms with Gasteiger partial charge in [-0.1, -0.05) is 0 Å². The fraction of sp³-hybridized carbons (Fsp3) is 1.00. The average Bonchev–Trinajstić information content (AvgIpc) is 2.25. The van der Waals surface area contributed by atoms with Gasteiger partial charge >= 0.3 is 0 Å². The highest BCUT2D eigenvalue weighted by atomic mass is 16.5. The zero-order chi connectivity index (χ0) is 10.1. The van der Waals surface area contributed by atoms with Crippen molar-refractivity contribution in [2.45, 2.75) is 32.1 Å². The minimum absolute atomic E-state index is 0.734. The van der Waals surface area contributed by atoms with Gasteiger partial charge in [0.25, 0.3) is 0 Å². The van der Waals surface area contributed by atoms with E-state index in [9.17, 15) is 0 Å². The van der Waals surface area contributed by atoms with E-state index in [2.05, 4.69) is 0 Å². The Hall–Kier alpha value is -0.120. The molecule has 0 spiro atoms. The normalized spacial score (nSPS) is 18.6. The molecule has 0 aromatic rings. The predicted molar refractivity (Wildman–Crippen MR) is 57.3 cm³/mol. The van der Waals surface area contributed by atoms with Crippen LogP contribution in [0.5, 0.6) is 0 Å². The van der Waals surface area contributed by atoms with E-state index in [1.165, 1.54) is 19.3 Å². The van der Waals surface area contributed by atoms with Gasteiger partial charge in [-0.25, -0.2) is 0 Å². The first kappa shape index (κ1) is 12.0. The molecular weight excluding hydrogens is 178 g/mol. The highest BCUT2D eigenvalue weighted by molar-refractivity contribution is 4.62. The van der Waals surface area contributed by atoms with Gasteiger partial charge in [0, 0.05) is 26.4 Å². The molecule has 1 heterocycles. The molecule has 0 unspecified atom stereocenters. The molecule has 1 aliphatic heterocycles. The Morgan fingerprint density at radius 2 is 1.93 bits per heavy atom. The number of unbranched alkanes of at least 4 members (excludes halogenated alkanes) is 2. The maximum absolute atomic E-state index is 5.62. The molecule has 1 rings (SSSR count). The molecule has 0 aromatic carbocycles. The SMILES string of the molecule is NCCCCCOCC1CCOCC1. The van der Waals surface area contributed by atoms with Crippen LogP contribution in [0.4, 0.5) is 0 Å². The highest BCUT2D eigenvalue weighted by Crippen LogP contribution is 2.14. The molecule has 3 nitrogen and oxygen atoms in total. The first-order chi connectivity index (χ1) is 6.93. The molecule has 0 saturated carbocycles. The summed E-state index contributed by atoms with van der Waals surface area (Å²) in [5.41, 5.74) is 5.41. The van der Waals surface area contributed by atoms with Gasteiger partial charge in [0.1, 0.15) is 0 Å². The molecule has 84 valence electrons. The van der Waals surface area contributed by atoms with Crippen molar-refractivity contribution in [2.75, 3.05) is 33.0 Å². The van der Waals surface area contributed by atoms with Crippen LogP contribution in [0.15, 0.2) is 0 Å². The molecule has 2 N–H and O–H groups in total. The summed E-state index contributed by atoms with van der Waals surface area (Å²) in [4.78, 5) is 0. The summed E-state index contributed by atoms with van der Waals surface area (Å²) in [6.07, 6.45) is 5.82. The topological polar surface area (TPSA) is 44.5 Å². The van der Waals surface area contributed by atoms with Gasteiger partial charge < -0.3 is 15.2 Å². The third-order valence-corrected chi connectivity index (χ3v) is 2.69. The third kappa shape index (κ3) is 5.58. The van der Waals surface area contributed by atoms with Gasteiger partial charge in [0.2, 0.25) is 0 Å². The van der Waals surface area contributed by atoms with E-state index in [4.69, 9.17) is 15.2 Å². The van der Waals surface area contributed by atoms with Crippen molar-refractivity contribution in [3.05, 3.63) is 0 Å². The standard InChI is InChI=1S/C11H23NO2/c12-6-2-1-3-7-14-10-11-4-8-13-9-5-11/h11H,1-10,12H2. The van der Waals surface area contributed by atoms with Crippen molar-refractivity contribution >= 4 is 0 Å². The van der Waals surface area contributed by atoms with E-state index in [1.807, 2.05) is 0 Å². The van der Waals surface area contributed by atoms with Gasteiger partial charge in [-0.05, 0) is 44.6 Å². The van der Waals surface area contributed by atoms with Crippen LogP contribution in [0.2, 0.25) is 0 Å². The summed E-state index contributed by atoms with van der Waals surface area (Å²) in [7, 11) is 0. The van der Waals surface area contributed by atoms with E-state index in [-0.39, 0.29) is 0 Å². The minimum atomic E-state index is 0.734. The molecule has 3 heteroatoms. The van der Waals surface area contributed by atoms with Crippen LogP contribution >= 0.6 is 0 Å². The number of hydrogen-bond acceptors (Lipinski definition) is 3. The van der Waals surface area contributed by atoms with Gasteiger partial charge in [-0.3, -0.25) is 0 Å². The monoisotopic (exact) mass is 201 g/mol. The zero-order valence-electron chi connectivity index (χ0n) is 9.04. The lowest BCUT2D eigenvalue weighted by Gasteiger charge is -2.21. The van der Waals surface area contributed by atoms with Crippen LogP contribution in [0.1, 0.15) is 32.1 Å². The van der Waals surface area contributed by atoms with Crippen LogP contribution in [-0.2, 0) is 9.47 Å². The third-order valence-electron chi connectivity index (χ3n) is 2.69. The zero-order valence-corrected chi connectivity index (χ0v) is 9.04. The number of ether oxygens (including phenoxy) is 2. The Balaban J connectivity index is 1.82. The summed E-state index contributed by atoms with van der Waals surface area (Å²) in [6, 6.07) is 0. The number of hydrogen-bond donors (Lipinski definition) is 1. The van der Waals surface area contributed by atoms with Gasteiger partial charge in [0.15, 0.2) is 0 Å². The molecule has 1 fully saturated rings. The number of rotatable bonds is 7. The van der Waals surface area contributed by atoms with Gasteiger partial charge in [0.05, 0.1) is 0 Å². The summed E-state index contributed by atoms with van der Waals surface area (Å²) in [5, 5.41) is 0. The predicted octanol–water partition coefficient (Wildman–Crippen LogP) is 1.56. The van der Waals surface area contributed by atoms with E-state index in [0.717, 1.165) is 51.7 Å². The second-order valence-electron chi connectivity index (χ2n) is 3.98. The Bertz CT molecular complexity index is 124. The van der Waals surface area contributed by atoms with Crippen LogP contribution in [-0.4, -0.2) is 33.0 Å². The Kier molecular flexibility index (Phi) is 7.01. The summed E-state index contributed by atoms with van der Waals surface area (Å²) >= 11 is 0.